The fraction of sp³-hybridized carbons (Fsp3) is 0.933. The zero-order chi connectivity index (χ0) is 14.0. The Morgan fingerprint density at radius 1 is 1.11 bits per heavy atom. The van der Waals surface area contributed by atoms with Crippen LogP contribution in [0.5, 0.6) is 0 Å². The molecule has 2 rings (SSSR count). The minimum absolute atomic E-state index is 0.124. The molecule has 1 unspecified atom stereocenters. The van der Waals surface area contributed by atoms with E-state index in [2.05, 4.69) is 4.90 Å². The zero-order valence-electron chi connectivity index (χ0n) is 12.7. The van der Waals surface area contributed by atoms with E-state index in [0.29, 0.717) is 0 Å². The zero-order valence-corrected chi connectivity index (χ0v) is 12.7. The summed E-state index contributed by atoms with van der Waals surface area (Å²) in [7, 11) is 0. The van der Waals surface area contributed by atoms with E-state index in [9.17, 15) is 4.79 Å². The van der Waals surface area contributed by atoms with Gasteiger partial charge in [-0.25, -0.2) is 0 Å². The number of nitrogens with zero attached hydrogens (tertiary/aromatic N) is 2. The third-order valence-corrected chi connectivity index (χ3v) is 4.67. The molecule has 1 aliphatic heterocycles. The summed E-state index contributed by atoms with van der Waals surface area (Å²) in [5, 5.41) is 0. The second-order valence-electron chi connectivity index (χ2n) is 7.14. The van der Waals surface area contributed by atoms with Crippen LogP contribution in [0.2, 0.25) is 0 Å². The van der Waals surface area contributed by atoms with Crippen molar-refractivity contribution in [2.45, 2.75) is 58.5 Å². The van der Waals surface area contributed by atoms with Gasteiger partial charge >= 0.3 is 0 Å². The van der Waals surface area contributed by atoms with Gasteiger partial charge in [-0.3, -0.25) is 9.69 Å². The molecule has 1 atom stereocenters. The summed E-state index contributed by atoms with van der Waals surface area (Å²) in [5.41, 5.74) is 5.92. The number of piperazine rings is 1. The van der Waals surface area contributed by atoms with E-state index in [0.717, 1.165) is 32.2 Å². The molecule has 0 aromatic rings. The Morgan fingerprint density at radius 3 is 2.11 bits per heavy atom. The van der Waals surface area contributed by atoms with Crippen LogP contribution in [0.4, 0.5) is 0 Å². The van der Waals surface area contributed by atoms with Gasteiger partial charge in [-0.15, -0.1) is 0 Å². The number of carbonyl (C=O) groups excluding carboxylic acids is 1. The standard InChI is InChI=1S/C15H29N3O/c1-15(2,3)13(16)14(19)18-10-8-17(9-11-18)12-6-4-5-7-12/h12-13H,4-11,16H2,1-3H3. The molecule has 1 saturated heterocycles. The van der Waals surface area contributed by atoms with Crippen LogP contribution < -0.4 is 5.73 Å². The van der Waals surface area contributed by atoms with Crippen molar-refractivity contribution < 1.29 is 4.79 Å². The van der Waals surface area contributed by atoms with Crippen molar-refractivity contribution in [3.8, 4) is 0 Å². The third kappa shape index (κ3) is 3.48. The highest BCUT2D eigenvalue weighted by Gasteiger charge is 2.33. The Morgan fingerprint density at radius 2 is 1.63 bits per heavy atom. The van der Waals surface area contributed by atoms with Crippen LogP contribution in [0, 0.1) is 5.41 Å². The van der Waals surface area contributed by atoms with E-state index in [1.807, 2.05) is 25.7 Å². The average molecular weight is 267 g/mol. The SMILES string of the molecule is CC(C)(C)C(N)C(=O)N1CCN(C2CCCC2)CC1. The number of hydrogen-bond acceptors (Lipinski definition) is 3. The molecule has 4 nitrogen and oxygen atoms in total. The van der Waals surface area contributed by atoms with Gasteiger partial charge < -0.3 is 10.6 Å². The molecule has 0 bridgehead atoms. The molecule has 110 valence electrons. The normalized spacial score (nSPS) is 24.7. The number of nitrogens with two attached hydrogens (primary N) is 1. The largest absolute Gasteiger partial charge is 0.339 e. The van der Waals surface area contributed by atoms with Crippen LogP contribution in [0.1, 0.15) is 46.5 Å². The molecule has 1 aliphatic carbocycles. The van der Waals surface area contributed by atoms with Crippen molar-refractivity contribution in [2.24, 2.45) is 11.1 Å². The summed E-state index contributed by atoms with van der Waals surface area (Å²) >= 11 is 0. The fourth-order valence-corrected chi connectivity index (χ4v) is 3.14. The highest BCUT2D eigenvalue weighted by atomic mass is 16.2. The smallest absolute Gasteiger partial charge is 0.240 e. The van der Waals surface area contributed by atoms with E-state index < -0.39 is 0 Å². The predicted molar refractivity (Wildman–Crippen MR) is 77.8 cm³/mol. The van der Waals surface area contributed by atoms with Gasteiger partial charge in [0.25, 0.3) is 0 Å². The van der Waals surface area contributed by atoms with Crippen LogP contribution >= 0.6 is 0 Å². The van der Waals surface area contributed by atoms with E-state index in [-0.39, 0.29) is 17.4 Å². The maximum atomic E-state index is 12.4. The average Bonchev–Trinajstić information content (AvgIpc) is 2.90. The summed E-state index contributed by atoms with van der Waals surface area (Å²) in [4.78, 5) is 16.9. The van der Waals surface area contributed by atoms with Gasteiger partial charge in [0.2, 0.25) is 5.91 Å². The summed E-state index contributed by atoms with van der Waals surface area (Å²) in [6, 6.07) is 0.388. The summed E-state index contributed by atoms with van der Waals surface area (Å²) < 4.78 is 0. The lowest BCUT2D eigenvalue weighted by Crippen LogP contribution is -2.57. The Balaban J connectivity index is 1.84. The Hall–Kier alpha value is -0.610. The Labute approximate surface area is 117 Å². The molecule has 2 aliphatic rings. The topological polar surface area (TPSA) is 49.6 Å². The molecular formula is C15H29N3O. The van der Waals surface area contributed by atoms with Crippen LogP contribution in [-0.2, 0) is 4.79 Å². The lowest BCUT2D eigenvalue weighted by molar-refractivity contribution is -0.137. The van der Waals surface area contributed by atoms with E-state index in [1.54, 1.807) is 0 Å². The summed E-state index contributed by atoms with van der Waals surface area (Å²) in [6.45, 7) is 9.83. The number of rotatable bonds is 2. The minimum Gasteiger partial charge on any atom is -0.339 e. The molecule has 1 saturated carbocycles. The number of amides is 1. The van der Waals surface area contributed by atoms with Gasteiger partial charge in [0.05, 0.1) is 6.04 Å². The van der Waals surface area contributed by atoms with E-state index in [1.165, 1.54) is 25.7 Å². The van der Waals surface area contributed by atoms with E-state index >= 15 is 0 Å². The maximum Gasteiger partial charge on any atom is 0.240 e. The fourth-order valence-electron chi connectivity index (χ4n) is 3.14. The Bertz CT molecular complexity index is 310. The van der Waals surface area contributed by atoms with Gasteiger partial charge in [0.1, 0.15) is 0 Å². The van der Waals surface area contributed by atoms with Crippen LogP contribution in [0.3, 0.4) is 0 Å². The summed E-state index contributed by atoms with van der Waals surface area (Å²) in [6.07, 6.45) is 5.43. The van der Waals surface area contributed by atoms with Crippen LogP contribution in [0.25, 0.3) is 0 Å². The molecule has 0 radical (unpaired) electrons. The second kappa shape index (κ2) is 5.80. The molecule has 0 spiro atoms. The number of carbonyl (C=O) groups is 1. The minimum atomic E-state index is -0.384. The van der Waals surface area contributed by atoms with Crippen LogP contribution in [0.15, 0.2) is 0 Å². The lowest BCUT2D eigenvalue weighted by Gasteiger charge is -2.40. The van der Waals surface area contributed by atoms with Crippen molar-refractivity contribution in [3.05, 3.63) is 0 Å². The number of hydrogen-bond donors (Lipinski definition) is 1. The molecule has 19 heavy (non-hydrogen) atoms. The van der Waals surface area contributed by atoms with Gasteiger partial charge in [-0.1, -0.05) is 33.6 Å². The van der Waals surface area contributed by atoms with Gasteiger partial charge in [0, 0.05) is 32.2 Å². The lowest BCUT2D eigenvalue weighted by atomic mass is 9.86. The molecule has 2 fully saturated rings. The molecule has 4 heteroatoms. The molecular weight excluding hydrogens is 238 g/mol. The first kappa shape index (κ1) is 14.8. The molecule has 1 amide bonds. The molecule has 2 N–H and O–H groups in total. The monoisotopic (exact) mass is 267 g/mol. The first-order chi connectivity index (χ1) is 8.89. The predicted octanol–water partition coefficient (Wildman–Crippen LogP) is 1.45. The van der Waals surface area contributed by atoms with Gasteiger partial charge in [-0.05, 0) is 18.3 Å². The molecule has 0 aromatic heterocycles. The van der Waals surface area contributed by atoms with Gasteiger partial charge in [-0.2, -0.15) is 0 Å². The Kier molecular flexibility index (Phi) is 4.51. The molecule has 0 aromatic carbocycles. The maximum absolute atomic E-state index is 12.4. The van der Waals surface area contributed by atoms with Crippen LogP contribution in [-0.4, -0.2) is 54.0 Å². The first-order valence-electron chi connectivity index (χ1n) is 7.68. The first-order valence-corrected chi connectivity index (χ1v) is 7.68. The van der Waals surface area contributed by atoms with Crippen molar-refractivity contribution in [3.63, 3.8) is 0 Å². The van der Waals surface area contributed by atoms with Gasteiger partial charge in [0.15, 0.2) is 0 Å². The second-order valence-corrected chi connectivity index (χ2v) is 7.14. The van der Waals surface area contributed by atoms with Crippen molar-refractivity contribution >= 4 is 5.91 Å². The van der Waals surface area contributed by atoms with E-state index in [4.69, 9.17) is 5.73 Å². The molecule has 1 heterocycles. The third-order valence-electron chi connectivity index (χ3n) is 4.67. The summed E-state index contributed by atoms with van der Waals surface area (Å²) in [5.74, 6) is 0.124. The van der Waals surface area contributed by atoms with Crippen molar-refractivity contribution in [2.75, 3.05) is 26.2 Å². The van der Waals surface area contributed by atoms with Crippen molar-refractivity contribution in [1.82, 2.24) is 9.80 Å². The quantitative estimate of drug-likeness (QED) is 0.824. The van der Waals surface area contributed by atoms with Crippen molar-refractivity contribution in [1.29, 1.82) is 0 Å². The highest BCUT2D eigenvalue weighted by molar-refractivity contribution is 5.82. The highest BCUT2D eigenvalue weighted by Crippen LogP contribution is 2.25.